The van der Waals surface area contributed by atoms with Crippen LogP contribution in [0.2, 0.25) is 5.02 Å². The van der Waals surface area contributed by atoms with Crippen molar-refractivity contribution in [3.8, 4) is 11.8 Å². The molecule has 0 unspecified atom stereocenters. The number of carbonyl (C=O) groups is 2. The lowest BCUT2D eigenvalue weighted by molar-refractivity contribution is -0.117. The topological polar surface area (TPSA) is 60.2 Å². The third-order valence-electron chi connectivity index (χ3n) is 1.61. The zero-order valence-corrected chi connectivity index (χ0v) is 8.54. The van der Waals surface area contributed by atoms with E-state index in [1.54, 1.807) is 18.2 Å². The highest BCUT2D eigenvalue weighted by atomic mass is 35.5. The molecule has 3 nitrogen and oxygen atoms in total. The van der Waals surface area contributed by atoms with Crippen LogP contribution >= 0.6 is 11.6 Å². The molecular formula is C11H8ClNO2. The van der Waals surface area contributed by atoms with E-state index >= 15 is 0 Å². The summed E-state index contributed by atoms with van der Waals surface area (Å²) in [5.74, 6) is 4.75. The molecular weight excluding hydrogens is 214 g/mol. The standard InChI is InChI=1S/C11H8ClNO2/c12-10-5-4-8(7-14)6-9(10)2-1-3-11(13)15/h4-7H,3H2,(H2,13,15). The van der Waals surface area contributed by atoms with Crippen molar-refractivity contribution in [3.63, 3.8) is 0 Å². The number of hydrogen-bond acceptors (Lipinski definition) is 2. The van der Waals surface area contributed by atoms with E-state index in [1.807, 2.05) is 0 Å². The summed E-state index contributed by atoms with van der Waals surface area (Å²) < 4.78 is 0. The number of benzene rings is 1. The Morgan fingerprint density at radius 3 is 2.87 bits per heavy atom. The van der Waals surface area contributed by atoms with Crippen molar-refractivity contribution in [1.82, 2.24) is 0 Å². The van der Waals surface area contributed by atoms with Crippen molar-refractivity contribution < 1.29 is 9.59 Å². The van der Waals surface area contributed by atoms with Crippen LogP contribution in [0.4, 0.5) is 0 Å². The summed E-state index contributed by atoms with van der Waals surface area (Å²) in [5.41, 5.74) is 5.93. The molecule has 0 radical (unpaired) electrons. The van der Waals surface area contributed by atoms with Crippen molar-refractivity contribution in [1.29, 1.82) is 0 Å². The number of hydrogen-bond donors (Lipinski definition) is 1. The third-order valence-corrected chi connectivity index (χ3v) is 1.94. The summed E-state index contributed by atoms with van der Waals surface area (Å²) in [5, 5.41) is 0.442. The van der Waals surface area contributed by atoms with E-state index in [9.17, 15) is 9.59 Å². The minimum atomic E-state index is -0.495. The van der Waals surface area contributed by atoms with E-state index in [2.05, 4.69) is 11.8 Å². The van der Waals surface area contributed by atoms with Gasteiger partial charge in [0.15, 0.2) is 0 Å². The largest absolute Gasteiger partial charge is 0.369 e. The van der Waals surface area contributed by atoms with E-state index in [0.717, 1.165) is 0 Å². The van der Waals surface area contributed by atoms with Crippen LogP contribution in [0.5, 0.6) is 0 Å². The first-order valence-electron chi connectivity index (χ1n) is 4.15. The molecule has 0 aliphatic carbocycles. The van der Waals surface area contributed by atoms with E-state index in [0.29, 0.717) is 22.4 Å². The minimum Gasteiger partial charge on any atom is -0.369 e. The second-order valence-corrected chi connectivity index (χ2v) is 3.21. The summed E-state index contributed by atoms with van der Waals surface area (Å²) in [4.78, 5) is 20.9. The molecule has 4 heteroatoms. The third kappa shape index (κ3) is 3.45. The van der Waals surface area contributed by atoms with Crippen molar-refractivity contribution in [2.45, 2.75) is 6.42 Å². The molecule has 1 aromatic rings. The van der Waals surface area contributed by atoms with Gasteiger partial charge in [-0.25, -0.2) is 0 Å². The molecule has 0 saturated heterocycles. The van der Waals surface area contributed by atoms with E-state index < -0.39 is 5.91 Å². The highest BCUT2D eigenvalue weighted by Crippen LogP contribution is 2.15. The first-order chi connectivity index (χ1) is 7.13. The molecule has 0 aliphatic heterocycles. The number of rotatable bonds is 2. The molecule has 1 aromatic carbocycles. The fourth-order valence-electron chi connectivity index (χ4n) is 0.939. The maximum atomic E-state index is 10.5. The number of aldehydes is 1. The number of amides is 1. The van der Waals surface area contributed by atoms with Crippen LogP contribution in [0.1, 0.15) is 22.3 Å². The fraction of sp³-hybridized carbons (Fsp3) is 0.0909. The molecule has 0 aliphatic rings. The maximum absolute atomic E-state index is 10.5. The molecule has 0 fully saturated rings. The average Bonchev–Trinajstić information content (AvgIpc) is 2.20. The van der Waals surface area contributed by atoms with Crippen LogP contribution in [0.3, 0.4) is 0 Å². The van der Waals surface area contributed by atoms with Crippen molar-refractivity contribution >= 4 is 23.8 Å². The highest BCUT2D eigenvalue weighted by Gasteiger charge is 1.98. The minimum absolute atomic E-state index is 0.0261. The smallest absolute Gasteiger partial charge is 0.229 e. The summed E-state index contributed by atoms with van der Waals surface area (Å²) in [7, 11) is 0. The first-order valence-corrected chi connectivity index (χ1v) is 4.53. The molecule has 0 atom stereocenters. The Bertz CT molecular complexity index is 457. The predicted molar refractivity (Wildman–Crippen MR) is 57.5 cm³/mol. The number of carbonyl (C=O) groups excluding carboxylic acids is 2. The normalized spacial score (nSPS) is 8.87. The first kappa shape index (κ1) is 11.3. The zero-order valence-electron chi connectivity index (χ0n) is 7.79. The molecule has 76 valence electrons. The molecule has 0 heterocycles. The van der Waals surface area contributed by atoms with Crippen LogP contribution in [0.15, 0.2) is 18.2 Å². The maximum Gasteiger partial charge on any atom is 0.229 e. The molecule has 0 saturated carbocycles. The van der Waals surface area contributed by atoms with Crippen LogP contribution in [-0.2, 0) is 4.79 Å². The molecule has 1 rings (SSSR count). The van der Waals surface area contributed by atoms with Gasteiger partial charge in [-0.1, -0.05) is 29.5 Å². The van der Waals surface area contributed by atoms with E-state index in [1.165, 1.54) is 0 Å². The Morgan fingerprint density at radius 2 is 2.27 bits per heavy atom. The Balaban J connectivity index is 2.95. The molecule has 0 spiro atoms. The fourth-order valence-corrected chi connectivity index (χ4v) is 1.10. The van der Waals surface area contributed by atoms with Gasteiger partial charge in [0.25, 0.3) is 0 Å². The van der Waals surface area contributed by atoms with Gasteiger partial charge in [-0.05, 0) is 12.1 Å². The number of nitrogens with two attached hydrogens (primary N) is 1. The van der Waals surface area contributed by atoms with Gasteiger partial charge in [-0.2, -0.15) is 0 Å². The van der Waals surface area contributed by atoms with Crippen molar-refractivity contribution in [2.24, 2.45) is 5.73 Å². The Labute approximate surface area is 92.2 Å². The zero-order chi connectivity index (χ0) is 11.3. The quantitative estimate of drug-likeness (QED) is 0.606. The molecule has 0 bridgehead atoms. The lowest BCUT2D eigenvalue weighted by atomic mass is 10.1. The highest BCUT2D eigenvalue weighted by molar-refractivity contribution is 6.31. The monoisotopic (exact) mass is 221 g/mol. The van der Waals surface area contributed by atoms with Gasteiger partial charge in [0, 0.05) is 11.1 Å². The SMILES string of the molecule is NC(=O)CC#Cc1cc(C=O)ccc1Cl. The van der Waals surface area contributed by atoms with Gasteiger partial charge in [0.05, 0.1) is 11.4 Å². The average molecular weight is 222 g/mol. The Kier molecular flexibility index (Phi) is 3.90. The lowest BCUT2D eigenvalue weighted by Gasteiger charge is -1.96. The Morgan fingerprint density at radius 1 is 1.53 bits per heavy atom. The number of halogens is 1. The van der Waals surface area contributed by atoms with Gasteiger partial charge in [0.1, 0.15) is 6.29 Å². The van der Waals surface area contributed by atoms with Crippen molar-refractivity contribution in [2.75, 3.05) is 0 Å². The lowest BCUT2D eigenvalue weighted by Crippen LogP contribution is -2.08. The predicted octanol–water partition coefficient (Wildman–Crippen LogP) is 1.38. The van der Waals surface area contributed by atoms with E-state index in [-0.39, 0.29) is 6.42 Å². The molecule has 1 amide bonds. The second kappa shape index (κ2) is 5.18. The second-order valence-electron chi connectivity index (χ2n) is 2.80. The summed E-state index contributed by atoms with van der Waals surface area (Å²) >= 11 is 5.83. The van der Waals surface area contributed by atoms with Gasteiger partial charge in [-0.3, -0.25) is 9.59 Å². The summed E-state index contributed by atoms with van der Waals surface area (Å²) in [6.45, 7) is 0. The summed E-state index contributed by atoms with van der Waals surface area (Å²) in [6.07, 6.45) is 0.678. The van der Waals surface area contributed by atoms with Gasteiger partial charge < -0.3 is 5.73 Å². The van der Waals surface area contributed by atoms with Crippen LogP contribution in [0.25, 0.3) is 0 Å². The van der Waals surface area contributed by atoms with Gasteiger partial charge in [-0.15, -0.1) is 0 Å². The van der Waals surface area contributed by atoms with E-state index in [4.69, 9.17) is 17.3 Å². The Hall–Kier alpha value is -1.79. The van der Waals surface area contributed by atoms with Gasteiger partial charge >= 0.3 is 0 Å². The molecule has 2 N–H and O–H groups in total. The molecule has 15 heavy (non-hydrogen) atoms. The van der Waals surface area contributed by atoms with Gasteiger partial charge in [0.2, 0.25) is 5.91 Å². The van der Waals surface area contributed by atoms with Crippen LogP contribution in [-0.4, -0.2) is 12.2 Å². The van der Waals surface area contributed by atoms with Crippen LogP contribution in [0, 0.1) is 11.8 Å². The van der Waals surface area contributed by atoms with Crippen LogP contribution < -0.4 is 5.73 Å². The van der Waals surface area contributed by atoms with Crippen molar-refractivity contribution in [3.05, 3.63) is 34.3 Å². The number of primary amides is 1. The molecule has 0 aromatic heterocycles. The summed E-state index contributed by atoms with van der Waals surface area (Å²) in [6, 6.07) is 4.73.